The molecule has 0 bridgehead atoms. The minimum absolute atomic E-state index is 0.285. The predicted octanol–water partition coefficient (Wildman–Crippen LogP) is 4.89. The number of ether oxygens (including phenoxy) is 1. The smallest absolute Gasteiger partial charge is 0.236 e. The molecule has 1 aliphatic rings. The SMILES string of the molecule is Cc1oc(-c2cccs2)nc1CN1CCCC(OCc2ccccc2)C1. The van der Waals surface area contributed by atoms with E-state index in [-0.39, 0.29) is 6.10 Å². The number of hydrogen-bond acceptors (Lipinski definition) is 5. The topological polar surface area (TPSA) is 38.5 Å². The fourth-order valence-corrected chi connectivity index (χ4v) is 4.02. The molecule has 4 nitrogen and oxygen atoms in total. The zero-order chi connectivity index (χ0) is 17.8. The van der Waals surface area contributed by atoms with Crippen LogP contribution in [0.25, 0.3) is 10.8 Å². The van der Waals surface area contributed by atoms with Crippen LogP contribution >= 0.6 is 11.3 Å². The number of oxazole rings is 1. The molecule has 1 saturated heterocycles. The molecule has 4 rings (SSSR count). The number of thiophene rings is 1. The molecule has 3 aromatic rings. The van der Waals surface area contributed by atoms with Crippen molar-refractivity contribution in [3.63, 3.8) is 0 Å². The zero-order valence-corrected chi connectivity index (χ0v) is 15.9. The lowest BCUT2D eigenvalue weighted by atomic mass is 10.1. The van der Waals surface area contributed by atoms with Gasteiger partial charge in [0, 0.05) is 13.1 Å². The average molecular weight is 369 g/mol. The number of aryl methyl sites for hydroxylation is 1. The third-order valence-corrected chi connectivity index (χ3v) is 5.65. The van der Waals surface area contributed by atoms with E-state index in [1.165, 1.54) is 5.56 Å². The van der Waals surface area contributed by atoms with E-state index in [0.29, 0.717) is 6.61 Å². The Morgan fingerprint density at radius 1 is 1.23 bits per heavy atom. The van der Waals surface area contributed by atoms with Crippen molar-refractivity contribution in [1.29, 1.82) is 0 Å². The van der Waals surface area contributed by atoms with E-state index in [1.54, 1.807) is 11.3 Å². The Hall–Kier alpha value is -1.95. The van der Waals surface area contributed by atoms with Gasteiger partial charge >= 0.3 is 0 Å². The maximum Gasteiger partial charge on any atom is 0.236 e. The fraction of sp³-hybridized carbons (Fsp3) is 0.381. The first-order valence-electron chi connectivity index (χ1n) is 9.16. The molecule has 1 unspecified atom stereocenters. The Labute approximate surface area is 158 Å². The van der Waals surface area contributed by atoms with Crippen LogP contribution < -0.4 is 0 Å². The highest BCUT2D eigenvalue weighted by Gasteiger charge is 2.23. The molecule has 1 fully saturated rings. The summed E-state index contributed by atoms with van der Waals surface area (Å²) in [5, 5.41) is 2.05. The van der Waals surface area contributed by atoms with Gasteiger partial charge in [-0.15, -0.1) is 11.3 Å². The van der Waals surface area contributed by atoms with Crippen LogP contribution in [0.1, 0.15) is 29.9 Å². The van der Waals surface area contributed by atoms with E-state index in [0.717, 1.165) is 54.7 Å². The summed E-state index contributed by atoms with van der Waals surface area (Å²) in [7, 11) is 0. The molecule has 0 amide bonds. The molecule has 0 saturated carbocycles. The van der Waals surface area contributed by atoms with Crippen molar-refractivity contribution >= 4 is 11.3 Å². The van der Waals surface area contributed by atoms with Crippen LogP contribution in [0.15, 0.2) is 52.3 Å². The summed E-state index contributed by atoms with van der Waals surface area (Å²) in [4.78, 5) is 8.24. The average Bonchev–Trinajstić information content (AvgIpc) is 3.32. The minimum Gasteiger partial charge on any atom is -0.440 e. The van der Waals surface area contributed by atoms with Crippen LogP contribution in [-0.4, -0.2) is 29.1 Å². The van der Waals surface area contributed by atoms with E-state index in [2.05, 4.69) is 29.2 Å². The second-order valence-electron chi connectivity index (χ2n) is 6.80. The van der Waals surface area contributed by atoms with Crippen molar-refractivity contribution in [2.24, 2.45) is 0 Å². The quantitative estimate of drug-likeness (QED) is 0.621. The molecule has 136 valence electrons. The Morgan fingerprint density at radius 3 is 2.92 bits per heavy atom. The largest absolute Gasteiger partial charge is 0.440 e. The highest BCUT2D eigenvalue weighted by atomic mass is 32.1. The standard InChI is InChI=1S/C21H24N2O2S/c1-16-19(22-21(25-16)20-10-6-12-26-20)14-23-11-5-9-18(13-23)24-15-17-7-3-2-4-8-17/h2-4,6-8,10,12,18H,5,9,11,13-15H2,1H3. The Bertz CT molecular complexity index is 814. The number of benzene rings is 1. The lowest BCUT2D eigenvalue weighted by Crippen LogP contribution is -2.39. The van der Waals surface area contributed by atoms with Gasteiger partial charge in [0.1, 0.15) is 5.76 Å². The third kappa shape index (κ3) is 4.23. The van der Waals surface area contributed by atoms with Crippen molar-refractivity contribution in [3.8, 4) is 10.8 Å². The number of piperidine rings is 1. The van der Waals surface area contributed by atoms with Gasteiger partial charge < -0.3 is 9.15 Å². The summed E-state index contributed by atoms with van der Waals surface area (Å²) in [5.74, 6) is 1.65. The summed E-state index contributed by atoms with van der Waals surface area (Å²) in [6, 6.07) is 14.5. The van der Waals surface area contributed by atoms with Crippen molar-refractivity contribution in [3.05, 3.63) is 64.9 Å². The van der Waals surface area contributed by atoms with E-state index >= 15 is 0 Å². The molecule has 1 aliphatic heterocycles. The van der Waals surface area contributed by atoms with Gasteiger partial charge in [0.2, 0.25) is 5.89 Å². The van der Waals surface area contributed by atoms with Gasteiger partial charge in [-0.25, -0.2) is 4.98 Å². The predicted molar refractivity (Wildman–Crippen MR) is 104 cm³/mol. The highest BCUT2D eigenvalue weighted by Crippen LogP contribution is 2.27. The molecule has 0 spiro atoms. The van der Waals surface area contributed by atoms with E-state index < -0.39 is 0 Å². The summed E-state index contributed by atoms with van der Waals surface area (Å²) in [5.41, 5.74) is 2.27. The van der Waals surface area contributed by atoms with Crippen molar-refractivity contribution in [2.75, 3.05) is 13.1 Å². The first-order chi connectivity index (χ1) is 12.8. The molecule has 1 aromatic carbocycles. The molecule has 0 aliphatic carbocycles. The zero-order valence-electron chi connectivity index (χ0n) is 15.1. The summed E-state index contributed by atoms with van der Waals surface area (Å²) < 4.78 is 12.0. The third-order valence-electron chi connectivity index (χ3n) is 4.79. The summed E-state index contributed by atoms with van der Waals surface area (Å²) >= 11 is 1.66. The summed E-state index contributed by atoms with van der Waals surface area (Å²) in [6.07, 6.45) is 2.57. The molecule has 26 heavy (non-hydrogen) atoms. The van der Waals surface area contributed by atoms with Gasteiger partial charge in [0.05, 0.1) is 23.3 Å². The number of aromatic nitrogens is 1. The molecular formula is C21H24N2O2S. The van der Waals surface area contributed by atoms with Crippen molar-refractivity contribution in [2.45, 2.75) is 39.0 Å². The number of nitrogens with zero attached hydrogens (tertiary/aromatic N) is 2. The first-order valence-corrected chi connectivity index (χ1v) is 10.0. The van der Waals surface area contributed by atoms with Gasteiger partial charge in [-0.3, -0.25) is 4.90 Å². The van der Waals surface area contributed by atoms with Crippen LogP contribution in [0.2, 0.25) is 0 Å². The van der Waals surface area contributed by atoms with E-state index in [1.807, 2.05) is 30.5 Å². The maximum atomic E-state index is 6.15. The molecule has 2 aromatic heterocycles. The maximum absolute atomic E-state index is 6.15. The van der Waals surface area contributed by atoms with E-state index in [9.17, 15) is 0 Å². The second kappa shape index (κ2) is 8.16. The molecule has 0 radical (unpaired) electrons. The highest BCUT2D eigenvalue weighted by molar-refractivity contribution is 7.13. The van der Waals surface area contributed by atoms with Crippen LogP contribution in [-0.2, 0) is 17.9 Å². The molecule has 3 heterocycles. The van der Waals surface area contributed by atoms with Crippen LogP contribution in [0.5, 0.6) is 0 Å². The molecule has 1 atom stereocenters. The Morgan fingerprint density at radius 2 is 2.12 bits per heavy atom. The van der Waals surface area contributed by atoms with Gasteiger partial charge in [-0.2, -0.15) is 0 Å². The lowest BCUT2D eigenvalue weighted by Gasteiger charge is -2.32. The second-order valence-corrected chi connectivity index (χ2v) is 7.74. The molecule has 0 N–H and O–H groups in total. The van der Waals surface area contributed by atoms with Crippen LogP contribution in [0.4, 0.5) is 0 Å². The number of rotatable bonds is 6. The van der Waals surface area contributed by atoms with Gasteiger partial charge in [-0.05, 0) is 43.3 Å². The minimum atomic E-state index is 0.285. The summed E-state index contributed by atoms with van der Waals surface area (Å²) in [6.45, 7) is 5.56. The number of likely N-dealkylation sites (tertiary alicyclic amines) is 1. The van der Waals surface area contributed by atoms with E-state index in [4.69, 9.17) is 14.1 Å². The lowest BCUT2D eigenvalue weighted by molar-refractivity contribution is -0.0123. The monoisotopic (exact) mass is 368 g/mol. The Balaban J connectivity index is 1.35. The fourth-order valence-electron chi connectivity index (χ4n) is 3.37. The van der Waals surface area contributed by atoms with Gasteiger partial charge in [0.15, 0.2) is 0 Å². The van der Waals surface area contributed by atoms with Crippen molar-refractivity contribution < 1.29 is 9.15 Å². The molecular weight excluding hydrogens is 344 g/mol. The number of hydrogen-bond donors (Lipinski definition) is 0. The van der Waals surface area contributed by atoms with Gasteiger partial charge in [-0.1, -0.05) is 36.4 Å². The first kappa shape index (κ1) is 17.5. The normalized spacial score (nSPS) is 18.3. The Kier molecular flexibility index (Phi) is 5.48. The van der Waals surface area contributed by atoms with Crippen LogP contribution in [0.3, 0.4) is 0 Å². The van der Waals surface area contributed by atoms with Crippen LogP contribution in [0, 0.1) is 6.92 Å². The van der Waals surface area contributed by atoms with Crippen molar-refractivity contribution in [1.82, 2.24) is 9.88 Å². The van der Waals surface area contributed by atoms with Gasteiger partial charge in [0.25, 0.3) is 0 Å². The molecule has 5 heteroatoms.